The lowest BCUT2D eigenvalue weighted by Crippen LogP contribution is -2.07. The first-order valence-corrected chi connectivity index (χ1v) is 2.98. The van der Waals surface area contributed by atoms with E-state index < -0.39 is 0 Å². The van der Waals surface area contributed by atoms with Crippen LogP contribution in [0.2, 0.25) is 0 Å². The highest BCUT2D eigenvalue weighted by Gasteiger charge is 1.99. The molecule has 0 aliphatic heterocycles. The summed E-state index contributed by atoms with van der Waals surface area (Å²) in [5.41, 5.74) is 6.08. The molecule has 0 radical (unpaired) electrons. The molecule has 54 valence electrons. The molecule has 1 aromatic heterocycles. The molecule has 0 aromatic carbocycles. The Hall–Kier alpha value is -1.25. The lowest BCUT2D eigenvalue weighted by atomic mass is 10.2. The van der Waals surface area contributed by atoms with Crippen molar-refractivity contribution >= 4 is 5.69 Å². The average Bonchev–Trinajstić information content (AvgIpc) is 1.82. The number of hydrogen-bond acceptors (Lipinski definition) is 3. The normalized spacial score (nSPS) is 9.80. The standard InChI is InChI=1S/C7H9NO2/c1-4-3-6(8)5(2)7(9)10-4/h3H,8H2,1-2H3. The van der Waals surface area contributed by atoms with Gasteiger partial charge in [0.2, 0.25) is 0 Å². The molecule has 0 atom stereocenters. The third-order valence-electron chi connectivity index (χ3n) is 1.35. The van der Waals surface area contributed by atoms with Gasteiger partial charge >= 0.3 is 5.63 Å². The van der Waals surface area contributed by atoms with Gasteiger partial charge in [-0.25, -0.2) is 4.79 Å². The van der Waals surface area contributed by atoms with E-state index in [0.29, 0.717) is 17.0 Å². The minimum Gasteiger partial charge on any atom is -0.428 e. The van der Waals surface area contributed by atoms with Gasteiger partial charge in [-0.05, 0) is 19.9 Å². The number of anilines is 1. The Morgan fingerprint density at radius 2 is 2.10 bits per heavy atom. The van der Waals surface area contributed by atoms with Gasteiger partial charge in [0.15, 0.2) is 0 Å². The Morgan fingerprint density at radius 1 is 1.50 bits per heavy atom. The van der Waals surface area contributed by atoms with E-state index in [1.165, 1.54) is 0 Å². The van der Waals surface area contributed by atoms with E-state index in [2.05, 4.69) is 0 Å². The molecule has 0 aliphatic carbocycles. The van der Waals surface area contributed by atoms with E-state index in [4.69, 9.17) is 10.2 Å². The molecule has 0 saturated carbocycles. The second-order valence-corrected chi connectivity index (χ2v) is 2.22. The highest BCUT2D eigenvalue weighted by molar-refractivity contribution is 5.43. The van der Waals surface area contributed by atoms with Gasteiger partial charge in [0.1, 0.15) is 5.76 Å². The molecule has 1 rings (SSSR count). The van der Waals surface area contributed by atoms with Gasteiger partial charge in [-0.3, -0.25) is 0 Å². The van der Waals surface area contributed by atoms with E-state index in [-0.39, 0.29) is 5.63 Å². The predicted octanol–water partition coefficient (Wildman–Crippen LogP) is 0.839. The molecule has 3 nitrogen and oxygen atoms in total. The molecule has 0 unspecified atom stereocenters. The molecular weight excluding hydrogens is 130 g/mol. The van der Waals surface area contributed by atoms with Gasteiger partial charge in [-0.1, -0.05) is 0 Å². The highest BCUT2D eigenvalue weighted by atomic mass is 16.4. The van der Waals surface area contributed by atoms with Crippen molar-refractivity contribution in [2.24, 2.45) is 0 Å². The zero-order valence-corrected chi connectivity index (χ0v) is 5.97. The molecule has 0 bridgehead atoms. The van der Waals surface area contributed by atoms with Crippen LogP contribution in [0.3, 0.4) is 0 Å². The smallest absolute Gasteiger partial charge is 0.340 e. The van der Waals surface area contributed by atoms with E-state index in [0.717, 1.165) is 0 Å². The Morgan fingerprint density at radius 3 is 2.60 bits per heavy atom. The number of nitrogen functional groups attached to an aromatic ring is 1. The molecule has 1 aromatic rings. The molecular formula is C7H9NO2. The van der Waals surface area contributed by atoms with Crippen LogP contribution in [0.4, 0.5) is 5.69 Å². The zero-order chi connectivity index (χ0) is 7.72. The van der Waals surface area contributed by atoms with Gasteiger partial charge in [0, 0.05) is 5.69 Å². The third-order valence-corrected chi connectivity index (χ3v) is 1.35. The van der Waals surface area contributed by atoms with Crippen molar-refractivity contribution in [1.82, 2.24) is 0 Å². The molecule has 3 heteroatoms. The second-order valence-electron chi connectivity index (χ2n) is 2.22. The third kappa shape index (κ3) is 1.03. The molecule has 0 saturated heterocycles. The largest absolute Gasteiger partial charge is 0.428 e. The predicted molar refractivity (Wildman–Crippen MR) is 38.9 cm³/mol. The van der Waals surface area contributed by atoms with Crippen molar-refractivity contribution in [2.45, 2.75) is 13.8 Å². The summed E-state index contributed by atoms with van der Waals surface area (Å²) < 4.78 is 4.75. The number of nitrogens with two attached hydrogens (primary N) is 1. The van der Waals surface area contributed by atoms with Crippen LogP contribution in [0.15, 0.2) is 15.3 Å². The number of rotatable bonds is 0. The van der Waals surface area contributed by atoms with Crippen LogP contribution in [0, 0.1) is 13.8 Å². The van der Waals surface area contributed by atoms with Gasteiger partial charge in [-0.15, -0.1) is 0 Å². The Bertz CT molecular complexity index is 301. The van der Waals surface area contributed by atoms with E-state index in [1.54, 1.807) is 19.9 Å². The first kappa shape index (κ1) is 6.86. The first-order chi connectivity index (χ1) is 4.61. The maximum absolute atomic E-state index is 10.8. The van der Waals surface area contributed by atoms with Crippen LogP contribution in [-0.2, 0) is 0 Å². The Labute approximate surface area is 58.5 Å². The molecule has 10 heavy (non-hydrogen) atoms. The molecule has 0 aliphatic rings. The van der Waals surface area contributed by atoms with Crippen LogP contribution < -0.4 is 11.4 Å². The zero-order valence-electron chi connectivity index (χ0n) is 5.97. The molecule has 1 heterocycles. The maximum atomic E-state index is 10.8. The first-order valence-electron chi connectivity index (χ1n) is 2.98. The van der Waals surface area contributed by atoms with E-state index in [9.17, 15) is 4.79 Å². The fraction of sp³-hybridized carbons (Fsp3) is 0.286. The van der Waals surface area contributed by atoms with Crippen LogP contribution >= 0.6 is 0 Å². The summed E-state index contributed by atoms with van der Waals surface area (Å²) in [4.78, 5) is 10.8. The summed E-state index contributed by atoms with van der Waals surface area (Å²) >= 11 is 0. The number of aryl methyl sites for hydroxylation is 1. The molecule has 0 amide bonds. The highest BCUT2D eigenvalue weighted by Crippen LogP contribution is 2.06. The van der Waals surface area contributed by atoms with Crippen molar-refractivity contribution in [3.05, 3.63) is 27.8 Å². The van der Waals surface area contributed by atoms with Crippen LogP contribution in [0.1, 0.15) is 11.3 Å². The summed E-state index contributed by atoms with van der Waals surface area (Å²) in [6, 6.07) is 1.64. The van der Waals surface area contributed by atoms with Gasteiger partial charge < -0.3 is 10.2 Å². The molecule has 0 spiro atoms. The topological polar surface area (TPSA) is 56.2 Å². The van der Waals surface area contributed by atoms with Crippen LogP contribution in [-0.4, -0.2) is 0 Å². The monoisotopic (exact) mass is 139 g/mol. The lowest BCUT2D eigenvalue weighted by Gasteiger charge is -1.96. The fourth-order valence-electron chi connectivity index (χ4n) is 0.697. The van der Waals surface area contributed by atoms with Crippen molar-refractivity contribution in [2.75, 3.05) is 5.73 Å². The quantitative estimate of drug-likeness (QED) is 0.579. The minimum atomic E-state index is -0.350. The summed E-state index contributed by atoms with van der Waals surface area (Å²) in [6.45, 7) is 3.33. The molecule has 2 N–H and O–H groups in total. The summed E-state index contributed by atoms with van der Waals surface area (Å²) in [6.07, 6.45) is 0. The second kappa shape index (κ2) is 2.17. The Balaban J connectivity index is 3.46. The summed E-state index contributed by atoms with van der Waals surface area (Å²) in [7, 11) is 0. The van der Waals surface area contributed by atoms with Gasteiger partial charge in [-0.2, -0.15) is 0 Å². The molecule has 0 fully saturated rings. The average molecular weight is 139 g/mol. The van der Waals surface area contributed by atoms with E-state index >= 15 is 0 Å². The van der Waals surface area contributed by atoms with Gasteiger partial charge in [0.05, 0.1) is 5.56 Å². The van der Waals surface area contributed by atoms with Gasteiger partial charge in [0.25, 0.3) is 0 Å². The van der Waals surface area contributed by atoms with Crippen molar-refractivity contribution in [3.8, 4) is 0 Å². The van der Waals surface area contributed by atoms with Crippen LogP contribution in [0.5, 0.6) is 0 Å². The maximum Gasteiger partial charge on any atom is 0.340 e. The number of hydrogen-bond donors (Lipinski definition) is 1. The lowest BCUT2D eigenvalue weighted by molar-refractivity contribution is 0.476. The fourth-order valence-corrected chi connectivity index (χ4v) is 0.697. The Kier molecular flexibility index (Phi) is 1.49. The van der Waals surface area contributed by atoms with Crippen molar-refractivity contribution < 1.29 is 4.42 Å². The minimum absolute atomic E-state index is 0.350. The van der Waals surface area contributed by atoms with Crippen molar-refractivity contribution in [1.29, 1.82) is 0 Å². The van der Waals surface area contributed by atoms with Crippen LogP contribution in [0.25, 0.3) is 0 Å². The SMILES string of the molecule is Cc1cc(N)c(C)c(=O)o1. The van der Waals surface area contributed by atoms with E-state index in [1.807, 2.05) is 0 Å². The van der Waals surface area contributed by atoms with Crippen molar-refractivity contribution in [3.63, 3.8) is 0 Å². The summed E-state index contributed by atoms with van der Waals surface area (Å²) in [5.74, 6) is 0.549. The summed E-state index contributed by atoms with van der Waals surface area (Å²) in [5, 5.41) is 0.